The molecule has 25 heavy (non-hydrogen) atoms. The van der Waals surface area contributed by atoms with Crippen LogP contribution in [0.25, 0.3) is 0 Å². The maximum absolute atomic E-state index is 12.5. The van der Waals surface area contributed by atoms with Gasteiger partial charge in [0.25, 0.3) is 0 Å². The van der Waals surface area contributed by atoms with E-state index in [0.717, 1.165) is 11.3 Å². The number of carbonyl (C=O) groups excluding carboxylic acids is 1. The van der Waals surface area contributed by atoms with Gasteiger partial charge in [0, 0.05) is 24.5 Å². The Labute approximate surface area is 151 Å². The Kier molecular flexibility index (Phi) is 6.86. The lowest BCUT2D eigenvalue weighted by Gasteiger charge is -2.34. The van der Waals surface area contributed by atoms with Crippen molar-refractivity contribution in [1.29, 1.82) is 0 Å². The highest BCUT2D eigenvalue weighted by atomic mass is 32.2. The molecule has 0 radical (unpaired) electrons. The van der Waals surface area contributed by atoms with Gasteiger partial charge in [-0.3, -0.25) is 9.59 Å². The van der Waals surface area contributed by atoms with Gasteiger partial charge in [0.1, 0.15) is 0 Å². The lowest BCUT2D eigenvalue weighted by atomic mass is 10.1. The number of benzene rings is 1. The fraction of sp³-hybridized carbons (Fsp3) is 0.500. The van der Waals surface area contributed by atoms with Crippen molar-refractivity contribution >= 4 is 33.7 Å². The van der Waals surface area contributed by atoms with Crippen LogP contribution < -0.4 is 4.72 Å². The summed E-state index contributed by atoms with van der Waals surface area (Å²) in [6.45, 7) is 0.570. The summed E-state index contributed by atoms with van der Waals surface area (Å²) in [6, 6.07) is 6.15. The minimum atomic E-state index is -3.47. The second kappa shape index (κ2) is 8.68. The number of hydrogen-bond donors (Lipinski definition) is 2. The van der Waals surface area contributed by atoms with Crippen molar-refractivity contribution in [3.63, 3.8) is 0 Å². The van der Waals surface area contributed by atoms with Gasteiger partial charge in [0.05, 0.1) is 17.4 Å². The van der Waals surface area contributed by atoms with E-state index in [2.05, 4.69) is 4.72 Å². The highest BCUT2D eigenvalue weighted by Gasteiger charge is 2.28. The van der Waals surface area contributed by atoms with Gasteiger partial charge in [-0.25, -0.2) is 13.1 Å². The highest BCUT2D eigenvalue weighted by molar-refractivity contribution is 7.99. The second-order valence-electron chi connectivity index (χ2n) is 5.77. The molecule has 1 unspecified atom stereocenters. The molecule has 0 aromatic heterocycles. The van der Waals surface area contributed by atoms with Crippen LogP contribution in [0.3, 0.4) is 0 Å². The van der Waals surface area contributed by atoms with E-state index in [-0.39, 0.29) is 29.7 Å². The van der Waals surface area contributed by atoms with Crippen LogP contribution in [0.15, 0.2) is 29.2 Å². The molecule has 2 rings (SSSR count). The van der Waals surface area contributed by atoms with Crippen LogP contribution in [0.4, 0.5) is 0 Å². The maximum atomic E-state index is 12.5. The number of carbonyl (C=O) groups is 2. The number of nitrogens with zero attached hydrogens (tertiary/aromatic N) is 1. The van der Waals surface area contributed by atoms with Crippen molar-refractivity contribution in [3.05, 3.63) is 29.8 Å². The molecule has 9 heteroatoms. The van der Waals surface area contributed by atoms with Crippen molar-refractivity contribution in [2.45, 2.75) is 30.2 Å². The molecule has 0 bridgehead atoms. The van der Waals surface area contributed by atoms with Crippen LogP contribution in [0.1, 0.15) is 18.4 Å². The summed E-state index contributed by atoms with van der Waals surface area (Å²) in [5.74, 6) is 0.512. The molecule has 1 aliphatic heterocycles. The van der Waals surface area contributed by atoms with Crippen LogP contribution in [0, 0.1) is 0 Å². The number of aliphatic carboxylic acids is 1. The highest BCUT2D eigenvalue weighted by Crippen LogP contribution is 2.20. The largest absolute Gasteiger partial charge is 0.481 e. The zero-order valence-corrected chi connectivity index (χ0v) is 15.6. The number of thioether (sulfide) groups is 1. The molecule has 1 aliphatic rings. The molecule has 1 aromatic carbocycles. The maximum Gasteiger partial charge on any atom is 0.305 e. The fourth-order valence-electron chi connectivity index (χ4n) is 2.70. The third kappa shape index (κ3) is 5.45. The predicted octanol–water partition coefficient (Wildman–Crippen LogP) is 0.946. The van der Waals surface area contributed by atoms with Crippen molar-refractivity contribution < 1.29 is 23.1 Å². The van der Waals surface area contributed by atoms with Gasteiger partial charge in [-0.05, 0) is 31.2 Å². The number of sulfonamides is 1. The number of rotatable bonds is 7. The first-order valence-corrected chi connectivity index (χ1v) is 10.6. The first-order valence-electron chi connectivity index (χ1n) is 7.95. The average Bonchev–Trinajstić information content (AvgIpc) is 2.60. The molecule has 138 valence electrons. The lowest BCUT2D eigenvalue weighted by Crippen LogP contribution is -2.47. The summed E-state index contributed by atoms with van der Waals surface area (Å²) in [6.07, 6.45) is 0.733. The monoisotopic (exact) mass is 386 g/mol. The molecule has 1 aromatic rings. The summed E-state index contributed by atoms with van der Waals surface area (Å²) in [5, 5.41) is 8.98. The van der Waals surface area contributed by atoms with Crippen molar-refractivity contribution in [3.8, 4) is 0 Å². The Hall–Kier alpha value is -1.58. The van der Waals surface area contributed by atoms with Gasteiger partial charge >= 0.3 is 5.97 Å². The minimum Gasteiger partial charge on any atom is -0.481 e. The van der Waals surface area contributed by atoms with Gasteiger partial charge in [-0.15, -0.1) is 0 Å². The molecule has 1 saturated heterocycles. The summed E-state index contributed by atoms with van der Waals surface area (Å²) in [5.41, 5.74) is 0.865. The molecule has 0 saturated carbocycles. The van der Waals surface area contributed by atoms with Crippen LogP contribution in [0.5, 0.6) is 0 Å². The van der Waals surface area contributed by atoms with E-state index >= 15 is 0 Å². The second-order valence-corrected chi connectivity index (χ2v) is 8.80. The number of carboxylic acids is 1. The zero-order chi connectivity index (χ0) is 18.4. The molecule has 0 aliphatic carbocycles. The summed E-state index contributed by atoms with van der Waals surface area (Å²) < 4.78 is 25.6. The predicted molar refractivity (Wildman–Crippen MR) is 96.1 cm³/mol. The van der Waals surface area contributed by atoms with E-state index in [4.69, 9.17) is 5.11 Å². The molecule has 1 fully saturated rings. The van der Waals surface area contributed by atoms with E-state index in [1.54, 1.807) is 28.8 Å². The molecule has 7 nitrogen and oxygen atoms in total. The van der Waals surface area contributed by atoms with Crippen LogP contribution in [0.2, 0.25) is 0 Å². The molecule has 2 N–H and O–H groups in total. The lowest BCUT2D eigenvalue weighted by molar-refractivity contribution is -0.140. The third-order valence-corrected chi connectivity index (χ3v) is 6.61. The standard InChI is InChI=1S/C16H22N2O5S2/c1-17-25(22,23)14-5-2-12(3-6-14)4-7-15(19)18-8-9-24-11-13(18)10-16(20)21/h2-3,5-6,13,17H,4,7-11H2,1H3,(H,20,21). The topological polar surface area (TPSA) is 104 Å². The Morgan fingerprint density at radius 3 is 2.60 bits per heavy atom. The normalized spacial score (nSPS) is 18.1. The number of aryl methyl sites for hydroxylation is 1. The van der Waals surface area contributed by atoms with Gasteiger partial charge in [-0.1, -0.05) is 12.1 Å². The molecule has 1 atom stereocenters. The van der Waals surface area contributed by atoms with Gasteiger partial charge in [0.2, 0.25) is 15.9 Å². The zero-order valence-electron chi connectivity index (χ0n) is 14.0. The van der Waals surface area contributed by atoms with Gasteiger partial charge in [-0.2, -0.15) is 11.8 Å². The van der Waals surface area contributed by atoms with Gasteiger partial charge in [0.15, 0.2) is 0 Å². The van der Waals surface area contributed by atoms with E-state index < -0.39 is 16.0 Å². The van der Waals surface area contributed by atoms with E-state index in [9.17, 15) is 18.0 Å². The number of hydrogen-bond acceptors (Lipinski definition) is 5. The minimum absolute atomic E-state index is 0.0324. The quantitative estimate of drug-likeness (QED) is 0.723. The van der Waals surface area contributed by atoms with E-state index in [1.807, 2.05) is 0 Å². The smallest absolute Gasteiger partial charge is 0.305 e. The first-order chi connectivity index (χ1) is 11.8. The Balaban J connectivity index is 1.95. The molecule has 0 spiro atoms. The van der Waals surface area contributed by atoms with Crippen molar-refractivity contribution in [2.24, 2.45) is 0 Å². The number of carboxylic acid groups (broad SMARTS) is 1. The fourth-order valence-corrected chi connectivity index (χ4v) is 4.49. The third-order valence-electron chi connectivity index (χ3n) is 4.09. The average molecular weight is 386 g/mol. The Morgan fingerprint density at radius 1 is 1.32 bits per heavy atom. The SMILES string of the molecule is CNS(=O)(=O)c1ccc(CCC(=O)N2CCSCC2CC(=O)O)cc1. The molecule has 1 heterocycles. The van der Waals surface area contributed by atoms with Crippen molar-refractivity contribution in [1.82, 2.24) is 9.62 Å². The van der Waals surface area contributed by atoms with E-state index in [1.165, 1.54) is 19.2 Å². The van der Waals surface area contributed by atoms with E-state index in [0.29, 0.717) is 18.7 Å². The summed E-state index contributed by atoms with van der Waals surface area (Å²) in [4.78, 5) is 25.3. The van der Waals surface area contributed by atoms with Crippen LogP contribution >= 0.6 is 11.8 Å². The van der Waals surface area contributed by atoms with Crippen molar-refractivity contribution in [2.75, 3.05) is 25.1 Å². The Morgan fingerprint density at radius 2 is 2.00 bits per heavy atom. The van der Waals surface area contributed by atoms with Crippen LogP contribution in [-0.4, -0.2) is 61.4 Å². The molecule has 1 amide bonds. The first kappa shape index (κ1) is 19.7. The van der Waals surface area contributed by atoms with Gasteiger partial charge < -0.3 is 10.0 Å². The Bertz CT molecular complexity index is 719. The number of nitrogens with one attached hydrogen (secondary N) is 1. The molecular formula is C16H22N2O5S2. The van der Waals surface area contributed by atoms with Crippen LogP contribution in [-0.2, 0) is 26.0 Å². The summed E-state index contributed by atoms with van der Waals surface area (Å²) >= 11 is 1.67. The number of amides is 1. The molecular weight excluding hydrogens is 364 g/mol. The summed E-state index contributed by atoms with van der Waals surface area (Å²) in [7, 11) is -2.11.